The summed E-state index contributed by atoms with van der Waals surface area (Å²) >= 11 is 3.66. The van der Waals surface area contributed by atoms with Crippen LogP contribution >= 0.6 is 15.9 Å². The molecule has 112 valence electrons. The van der Waals surface area contributed by atoms with Crippen LogP contribution < -0.4 is 0 Å². The number of aliphatic hydroxyl groups excluding tert-OH is 1. The van der Waals surface area contributed by atoms with Crippen molar-refractivity contribution in [2.45, 2.75) is 22.8 Å². The van der Waals surface area contributed by atoms with E-state index in [-0.39, 0.29) is 22.4 Å². The van der Waals surface area contributed by atoms with E-state index in [4.69, 9.17) is 0 Å². The molecule has 2 aromatic rings. The van der Waals surface area contributed by atoms with Crippen molar-refractivity contribution in [3.8, 4) is 0 Å². The van der Waals surface area contributed by atoms with Gasteiger partial charge in [0, 0.05) is 16.7 Å². The third kappa shape index (κ3) is 1.67. The molecular formula is C19H17BrO2. The van der Waals surface area contributed by atoms with E-state index in [1.54, 1.807) is 0 Å². The Morgan fingerprint density at radius 3 is 1.95 bits per heavy atom. The number of Topliss-reactive ketones (excluding diaryl/α,β-unsaturated/α-hetero) is 1. The lowest BCUT2D eigenvalue weighted by Crippen LogP contribution is -2.61. The van der Waals surface area contributed by atoms with E-state index in [1.807, 2.05) is 60.7 Å². The lowest BCUT2D eigenvalue weighted by Gasteiger charge is -2.52. The predicted octanol–water partition coefficient (Wildman–Crippen LogP) is 3.32. The van der Waals surface area contributed by atoms with Gasteiger partial charge < -0.3 is 5.11 Å². The summed E-state index contributed by atoms with van der Waals surface area (Å²) in [5.74, 6) is 0.315. The van der Waals surface area contributed by atoms with Crippen molar-refractivity contribution < 1.29 is 9.90 Å². The van der Waals surface area contributed by atoms with Gasteiger partial charge in [-0.25, -0.2) is 0 Å². The second-order valence-electron chi connectivity index (χ2n) is 6.28. The Morgan fingerprint density at radius 2 is 1.45 bits per heavy atom. The number of alkyl halides is 1. The molecule has 0 aliphatic heterocycles. The summed E-state index contributed by atoms with van der Waals surface area (Å²) in [7, 11) is 0. The van der Waals surface area contributed by atoms with E-state index < -0.39 is 11.5 Å². The molecule has 0 heterocycles. The maximum absolute atomic E-state index is 13.1. The minimum Gasteiger partial charge on any atom is -0.392 e. The fraction of sp³-hybridized carbons (Fsp3) is 0.316. The molecule has 3 heteroatoms. The molecule has 2 fully saturated rings. The van der Waals surface area contributed by atoms with Gasteiger partial charge in [0.2, 0.25) is 0 Å². The van der Waals surface area contributed by atoms with Gasteiger partial charge in [0.1, 0.15) is 0 Å². The van der Waals surface area contributed by atoms with Gasteiger partial charge in [-0.1, -0.05) is 76.6 Å². The maximum Gasteiger partial charge on any atom is 0.151 e. The second-order valence-corrected chi connectivity index (χ2v) is 7.34. The van der Waals surface area contributed by atoms with Crippen LogP contribution in [0, 0.1) is 11.8 Å². The summed E-state index contributed by atoms with van der Waals surface area (Å²) in [5.41, 5.74) is 1.44. The standard InChI is InChI=1S/C19H17BrO2/c20-17-15(21)11-14-16(17)19(18(14)22,12-7-3-1-4-8-12)13-9-5-2-6-10-13/h1-10,14-17,21H,11H2. The normalized spacial score (nSPS) is 32.4. The number of carbonyl (C=O) groups is 1. The van der Waals surface area contributed by atoms with Crippen molar-refractivity contribution in [3.05, 3.63) is 71.8 Å². The van der Waals surface area contributed by atoms with Crippen LogP contribution in [0.3, 0.4) is 0 Å². The molecule has 2 aliphatic carbocycles. The molecule has 2 nitrogen and oxygen atoms in total. The van der Waals surface area contributed by atoms with Gasteiger partial charge in [0.05, 0.1) is 11.5 Å². The maximum atomic E-state index is 13.1. The van der Waals surface area contributed by atoms with Gasteiger partial charge in [-0.3, -0.25) is 4.79 Å². The Bertz CT molecular complexity index is 658. The molecule has 0 amide bonds. The van der Waals surface area contributed by atoms with Gasteiger partial charge in [0.15, 0.2) is 5.78 Å². The van der Waals surface area contributed by atoms with Crippen molar-refractivity contribution >= 4 is 21.7 Å². The van der Waals surface area contributed by atoms with Gasteiger partial charge in [0.25, 0.3) is 0 Å². The molecular weight excluding hydrogens is 340 g/mol. The molecule has 4 atom stereocenters. The Kier molecular flexibility index (Phi) is 3.24. The predicted molar refractivity (Wildman–Crippen MR) is 89.0 cm³/mol. The number of aliphatic hydroxyl groups is 1. The molecule has 2 saturated carbocycles. The second kappa shape index (κ2) is 5.04. The van der Waals surface area contributed by atoms with Crippen LogP contribution in [0.5, 0.6) is 0 Å². The van der Waals surface area contributed by atoms with Crippen LogP contribution in [0.25, 0.3) is 0 Å². The van der Waals surface area contributed by atoms with E-state index >= 15 is 0 Å². The molecule has 22 heavy (non-hydrogen) atoms. The first-order valence-electron chi connectivity index (χ1n) is 7.65. The quantitative estimate of drug-likeness (QED) is 0.838. The lowest BCUT2D eigenvalue weighted by molar-refractivity contribution is -0.141. The summed E-state index contributed by atoms with van der Waals surface area (Å²) < 4.78 is 0. The fourth-order valence-corrected chi connectivity index (χ4v) is 5.39. The molecule has 0 radical (unpaired) electrons. The molecule has 2 aromatic carbocycles. The zero-order valence-electron chi connectivity index (χ0n) is 12.0. The minimum absolute atomic E-state index is 0.0419. The van der Waals surface area contributed by atoms with Crippen molar-refractivity contribution in [1.29, 1.82) is 0 Å². The highest BCUT2D eigenvalue weighted by molar-refractivity contribution is 9.09. The van der Waals surface area contributed by atoms with Gasteiger partial charge >= 0.3 is 0 Å². The topological polar surface area (TPSA) is 37.3 Å². The zero-order chi connectivity index (χ0) is 15.3. The molecule has 1 N–H and O–H groups in total. The minimum atomic E-state index is -0.626. The summed E-state index contributed by atoms with van der Waals surface area (Å²) in [5, 5.41) is 10.2. The van der Waals surface area contributed by atoms with E-state index in [0.29, 0.717) is 6.42 Å². The van der Waals surface area contributed by atoms with Crippen molar-refractivity contribution in [2.75, 3.05) is 0 Å². The first kappa shape index (κ1) is 14.2. The highest BCUT2D eigenvalue weighted by Gasteiger charge is 2.69. The molecule has 0 aromatic heterocycles. The molecule has 4 unspecified atom stereocenters. The molecule has 0 bridgehead atoms. The van der Waals surface area contributed by atoms with Crippen LogP contribution in [0.15, 0.2) is 60.7 Å². The summed E-state index contributed by atoms with van der Waals surface area (Å²) in [6.07, 6.45) is 0.120. The van der Waals surface area contributed by atoms with Crippen LogP contribution in [-0.4, -0.2) is 21.8 Å². The van der Waals surface area contributed by atoms with Crippen LogP contribution in [-0.2, 0) is 10.2 Å². The Labute approximate surface area is 138 Å². The number of ketones is 1. The number of hydrogen-bond acceptors (Lipinski definition) is 2. The fourth-order valence-electron chi connectivity index (χ4n) is 4.41. The third-order valence-electron chi connectivity index (χ3n) is 5.32. The molecule has 4 rings (SSSR count). The first-order valence-corrected chi connectivity index (χ1v) is 8.56. The number of benzene rings is 2. The Hall–Kier alpha value is -1.45. The van der Waals surface area contributed by atoms with Crippen molar-refractivity contribution in [2.24, 2.45) is 11.8 Å². The average molecular weight is 357 g/mol. The van der Waals surface area contributed by atoms with Crippen LogP contribution in [0.1, 0.15) is 17.5 Å². The number of halogens is 1. The summed E-state index contributed by atoms with van der Waals surface area (Å²) in [6, 6.07) is 20.0. The largest absolute Gasteiger partial charge is 0.392 e. The Balaban J connectivity index is 1.94. The molecule has 2 aliphatic rings. The van der Waals surface area contributed by atoms with E-state index in [2.05, 4.69) is 15.9 Å². The van der Waals surface area contributed by atoms with E-state index in [0.717, 1.165) is 11.1 Å². The summed E-state index contributed by atoms with van der Waals surface area (Å²) in [6.45, 7) is 0. The SMILES string of the molecule is O=C1C2CC(O)C(Br)C2C1(c1ccccc1)c1ccccc1. The van der Waals surface area contributed by atoms with Crippen LogP contribution in [0.4, 0.5) is 0 Å². The lowest BCUT2D eigenvalue weighted by atomic mass is 9.48. The Morgan fingerprint density at radius 1 is 0.955 bits per heavy atom. The zero-order valence-corrected chi connectivity index (χ0v) is 13.6. The van der Waals surface area contributed by atoms with Crippen molar-refractivity contribution in [3.63, 3.8) is 0 Å². The number of rotatable bonds is 2. The number of hydrogen-bond donors (Lipinski definition) is 1. The van der Waals surface area contributed by atoms with E-state index in [1.165, 1.54) is 0 Å². The highest BCUT2D eigenvalue weighted by Crippen LogP contribution is 2.62. The van der Waals surface area contributed by atoms with E-state index in [9.17, 15) is 9.90 Å². The monoisotopic (exact) mass is 356 g/mol. The highest BCUT2D eigenvalue weighted by atomic mass is 79.9. The van der Waals surface area contributed by atoms with Crippen molar-refractivity contribution in [1.82, 2.24) is 0 Å². The molecule has 0 spiro atoms. The van der Waals surface area contributed by atoms with Gasteiger partial charge in [-0.2, -0.15) is 0 Å². The number of carbonyl (C=O) groups excluding carboxylic acids is 1. The summed E-state index contributed by atoms with van der Waals surface area (Å²) in [4.78, 5) is 13.1. The smallest absolute Gasteiger partial charge is 0.151 e. The average Bonchev–Trinajstić information content (AvgIpc) is 2.83. The van der Waals surface area contributed by atoms with Crippen LogP contribution in [0.2, 0.25) is 0 Å². The first-order chi connectivity index (χ1) is 10.7. The number of fused-ring (bicyclic) bond motifs is 1. The van der Waals surface area contributed by atoms with Gasteiger partial charge in [-0.15, -0.1) is 0 Å². The van der Waals surface area contributed by atoms with Gasteiger partial charge in [-0.05, 0) is 17.5 Å². The molecule has 0 saturated heterocycles. The third-order valence-corrected chi connectivity index (χ3v) is 6.50.